The third-order valence-corrected chi connectivity index (χ3v) is 2.56. The Kier molecular flexibility index (Phi) is 2.80. The molecule has 0 fully saturated rings. The quantitative estimate of drug-likeness (QED) is 0.713. The summed E-state index contributed by atoms with van der Waals surface area (Å²) in [6, 6.07) is 1.38. The molecule has 14 heavy (non-hydrogen) atoms. The molecule has 76 valence electrons. The number of aryl methyl sites for hydroxylation is 1. The van der Waals surface area contributed by atoms with Crippen LogP contribution in [0.4, 0.5) is 0 Å². The van der Waals surface area contributed by atoms with Gasteiger partial charge in [-0.15, -0.1) is 12.6 Å². The summed E-state index contributed by atoms with van der Waals surface area (Å²) >= 11 is 3.76. The van der Waals surface area contributed by atoms with Crippen LogP contribution in [0.5, 0.6) is 0 Å². The van der Waals surface area contributed by atoms with Crippen LogP contribution in [0, 0.1) is 6.92 Å². The molecule has 5 heteroatoms. The van der Waals surface area contributed by atoms with Crippen molar-refractivity contribution in [3.05, 3.63) is 27.9 Å². The fourth-order valence-corrected chi connectivity index (χ4v) is 1.08. The van der Waals surface area contributed by atoms with Crippen LogP contribution in [0.1, 0.15) is 25.4 Å². The molecule has 0 saturated heterocycles. The van der Waals surface area contributed by atoms with Gasteiger partial charge in [-0.1, -0.05) is 0 Å². The van der Waals surface area contributed by atoms with Crippen LogP contribution >= 0.6 is 12.6 Å². The Balaban J connectivity index is 3.32. The third kappa shape index (κ3) is 2.04. The Morgan fingerprint density at radius 1 is 1.57 bits per heavy atom. The maximum atomic E-state index is 11.2. The van der Waals surface area contributed by atoms with Crippen LogP contribution in [0.15, 0.2) is 10.9 Å². The van der Waals surface area contributed by atoms with Gasteiger partial charge < -0.3 is 4.98 Å². The van der Waals surface area contributed by atoms with Gasteiger partial charge in [0.1, 0.15) is 5.82 Å². The van der Waals surface area contributed by atoms with Crippen molar-refractivity contribution in [1.82, 2.24) is 9.97 Å². The summed E-state index contributed by atoms with van der Waals surface area (Å²) in [5, 5.41) is -0.328. The average molecular weight is 212 g/mol. The van der Waals surface area contributed by atoms with E-state index in [0.717, 1.165) is 0 Å². The lowest BCUT2D eigenvalue weighted by Crippen LogP contribution is -2.30. The van der Waals surface area contributed by atoms with Gasteiger partial charge in [-0.3, -0.25) is 9.59 Å². The molecule has 4 nitrogen and oxygen atoms in total. The number of hydrogen-bond acceptors (Lipinski definition) is 3. The molecule has 1 aromatic heterocycles. The molecule has 0 aliphatic carbocycles. The molecule has 1 aromatic rings. The predicted molar refractivity (Wildman–Crippen MR) is 56.6 cm³/mol. The highest BCUT2D eigenvalue weighted by Crippen LogP contribution is 2.21. The molecule has 0 atom stereocenters. The van der Waals surface area contributed by atoms with Crippen molar-refractivity contribution >= 4 is 17.7 Å². The lowest BCUT2D eigenvalue weighted by atomic mass is 9.94. The van der Waals surface area contributed by atoms with Crippen LogP contribution in [0.2, 0.25) is 0 Å². The zero-order chi connectivity index (χ0) is 10.9. The first kappa shape index (κ1) is 11.0. The monoisotopic (exact) mass is 212 g/mol. The zero-order valence-corrected chi connectivity index (χ0v) is 9.18. The molecule has 0 radical (unpaired) electrons. The molecule has 1 N–H and O–H groups in total. The highest BCUT2D eigenvalue weighted by Gasteiger charge is 2.29. The summed E-state index contributed by atoms with van der Waals surface area (Å²) < 4.78 is 0. The minimum absolute atomic E-state index is 0.254. The predicted octanol–water partition coefficient (Wildman–Crippen LogP) is 0.812. The van der Waals surface area contributed by atoms with E-state index in [2.05, 4.69) is 22.6 Å². The van der Waals surface area contributed by atoms with E-state index in [-0.39, 0.29) is 10.7 Å². The number of nitrogens with one attached hydrogen (secondary N) is 1. The fraction of sp³-hybridized carbons (Fsp3) is 0.444. The minimum atomic E-state index is -0.867. The molecule has 0 spiro atoms. The first-order valence-electron chi connectivity index (χ1n) is 4.16. The van der Waals surface area contributed by atoms with Crippen molar-refractivity contribution in [3.8, 4) is 0 Å². The van der Waals surface area contributed by atoms with Gasteiger partial charge in [0, 0.05) is 11.8 Å². The largest absolute Gasteiger partial charge is 0.310 e. The van der Waals surface area contributed by atoms with E-state index in [0.29, 0.717) is 11.5 Å². The molecule has 0 aromatic carbocycles. The summed E-state index contributed by atoms with van der Waals surface area (Å²) in [6.07, 6.45) is 0. The Hall–Kier alpha value is -1.10. The number of rotatable bonds is 2. The second-order valence-electron chi connectivity index (χ2n) is 3.67. The molecule has 0 aliphatic heterocycles. The molecular formula is C9H12N2O2S. The van der Waals surface area contributed by atoms with Gasteiger partial charge >= 0.3 is 0 Å². The number of aromatic amines is 1. The third-order valence-electron chi connectivity index (χ3n) is 2.00. The average Bonchev–Trinajstić information content (AvgIpc) is 2.01. The molecule has 0 saturated carbocycles. The lowest BCUT2D eigenvalue weighted by Gasteiger charge is -2.18. The van der Waals surface area contributed by atoms with Gasteiger partial charge in [-0.25, -0.2) is 4.98 Å². The number of thiol groups is 1. The van der Waals surface area contributed by atoms with E-state index in [1.54, 1.807) is 20.8 Å². The fourth-order valence-electron chi connectivity index (χ4n) is 0.976. The Labute approximate surface area is 87.2 Å². The number of carbonyl (C=O) groups excluding carboxylic acids is 1. The van der Waals surface area contributed by atoms with Crippen LogP contribution in [-0.2, 0) is 10.2 Å². The standard InChI is InChI=1S/C9H12N2O2S/c1-5-4-6(12)11-7(10-5)9(2,3)8(13)14/h4H,1-3H3,(H,13,14)(H,10,11,12). The van der Waals surface area contributed by atoms with E-state index in [4.69, 9.17) is 0 Å². The second kappa shape index (κ2) is 3.57. The molecule has 0 bridgehead atoms. The molecule has 1 rings (SSSR count). The van der Waals surface area contributed by atoms with Crippen LogP contribution in [0.25, 0.3) is 0 Å². The van der Waals surface area contributed by atoms with Crippen molar-refractivity contribution in [2.45, 2.75) is 26.2 Å². The van der Waals surface area contributed by atoms with Crippen molar-refractivity contribution in [3.63, 3.8) is 0 Å². The van der Waals surface area contributed by atoms with Crippen molar-refractivity contribution in [2.24, 2.45) is 0 Å². The zero-order valence-electron chi connectivity index (χ0n) is 8.29. The van der Waals surface area contributed by atoms with E-state index < -0.39 is 5.41 Å². The lowest BCUT2D eigenvalue weighted by molar-refractivity contribution is -0.114. The topological polar surface area (TPSA) is 62.8 Å². The summed E-state index contributed by atoms with van der Waals surface area (Å²) in [6.45, 7) is 5.04. The smallest absolute Gasteiger partial charge is 0.251 e. The van der Waals surface area contributed by atoms with Crippen LogP contribution in [0.3, 0.4) is 0 Å². The number of H-pyrrole nitrogens is 1. The van der Waals surface area contributed by atoms with Crippen LogP contribution in [-0.4, -0.2) is 15.1 Å². The molecule has 1 heterocycles. The number of hydrogen-bond donors (Lipinski definition) is 2. The highest BCUT2D eigenvalue weighted by molar-refractivity contribution is 7.96. The van der Waals surface area contributed by atoms with Crippen LogP contribution < -0.4 is 5.56 Å². The summed E-state index contributed by atoms with van der Waals surface area (Å²) in [5.74, 6) is 0.350. The van der Waals surface area contributed by atoms with Gasteiger partial charge in [-0.05, 0) is 20.8 Å². The number of aromatic nitrogens is 2. The van der Waals surface area contributed by atoms with E-state index in [1.807, 2.05) is 0 Å². The van der Waals surface area contributed by atoms with Gasteiger partial charge in [0.05, 0.1) is 5.41 Å². The first-order chi connectivity index (χ1) is 6.34. The summed E-state index contributed by atoms with van der Waals surface area (Å²) in [5.41, 5.74) is -0.532. The van der Waals surface area contributed by atoms with Gasteiger partial charge in [0.15, 0.2) is 5.12 Å². The Bertz CT molecular complexity index is 423. The van der Waals surface area contributed by atoms with Crippen molar-refractivity contribution in [2.75, 3.05) is 0 Å². The van der Waals surface area contributed by atoms with Gasteiger partial charge in [0.25, 0.3) is 5.56 Å². The summed E-state index contributed by atoms with van der Waals surface area (Å²) in [7, 11) is 0. The molecule has 0 amide bonds. The SMILES string of the molecule is Cc1cc(=O)[nH]c(C(C)(C)C(=O)S)n1. The second-order valence-corrected chi connectivity index (χ2v) is 4.07. The minimum Gasteiger partial charge on any atom is -0.310 e. The maximum absolute atomic E-state index is 11.2. The number of nitrogens with zero attached hydrogens (tertiary/aromatic N) is 1. The maximum Gasteiger partial charge on any atom is 0.251 e. The number of carbonyl (C=O) groups is 1. The van der Waals surface area contributed by atoms with Crippen molar-refractivity contribution in [1.29, 1.82) is 0 Å². The van der Waals surface area contributed by atoms with Gasteiger partial charge in [0.2, 0.25) is 0 Å². The summed E-state index contributed by atoms with van der Waals surface area (Å²) in [4.78, 5) is 29.0. The van der Waals surface area contributed by atoms with E-state index >= 15 is 0 Å². The Morgan fingerprint density at radius 3 is 2.57 bits per heavy atom. The normalized spacial score (nSPS) is 11.4. The van der Waals surface area contributed by atoms with E-state index in [9.17, 15) is 9.59 Å². The highest BCUT2D eigenvalue weighted by atomic mass is 32.1. The molecule has 0 aliphatic rings. The van der Waals surface area contributed by atoms with Gasteiger partial charge in [-0.2, -0.15) is 0 Å². The molecule has 0 unspecified atom stereocenters. The molecular weight excluding hydrogens is 200 g/mol. The Morgan fingerprint density at radius 2 is 2.14 bits per heavy atom. The van der Waals surface area contributed by atoms with E-state index in [1.165, 1.54) is 6.07 Å². The van der Waals surface area contributed by atoms with Crippen molar-refractivity contribution < 1.29 is 4.79 Å². The first-order valence-corrected chi connectivity index (χ1v) is 4.60.